The molecule has 1 aliphatic carbocycles. The molecule has 0 N–H and O–H groups in total. The molecular formula is C29H29N. The van der Waals surface area contributed by atoms with Crippen LogP contribution in [-0.4, -0.2) is 24.5 Å². The highest BCUT2D eigenvalue weighted by atomic mass is 15.1. The lowest BCUT2D eigenvalue weighted by atomic mass is 9.99. The van der Waals surface area contributed by atoms with Crippen LogP contribution in [-0.2, 0) is 0 Å². The molecule has 1 nitrogen and oxygen atoms in total. The molecule has 1 fully saturated rings. The predicted octanol–water partition coefficient (Wildman–Crippen LogP) is 7.17. The molecule has 5 rings (SSSR count). The Hall–Kier alpha value is -2.90. The first-order valence-electron chi connectivity index (χ1n) is 11.3. The lowest BCUT2D eigenvalue weighted by Gasteiger charge is -2.26. The van der Waals surface area contributed by atoms with Crippen molar-refractivity contribution in [2.75, 3.05) is 19.6 Å². The van der Waals surface area contributed by atoms with Crippen molar-refractivity contribution in [3.05, 3.63) is 102 Å². The summed E-state index contributed by atoms with van der Waals surface area (Å²) in [5.41, 5.74) is 9.41. The van der Waals surface area contributed by atoms with E-state index in [-0.39, 0.29) is 0 Å². The Morgan fingerprint density at radius 2 is 1.43 bits per heavy atom. The van der Waals surface area contributed by atoms with Gasteiger partial charge in [0.15, 0.2) is 0 Å². The summed E-state index contributed by atoms with van der Waals surface area (Å²) in [6.45, 7) is 3.71. The Morgan fingerprint density at radius 1 is 0.700 bits per heavy atom. The Morgan fingerprint density at radius 3 is 2.27 bits per heavy atom. The molecule has 30 heavy (non-hydrogen) atoms. The van der Waals surface area contributed by atoms with Crippen molar-refractivity contribution in [1.82, 2.24) is 4.90 Å². The molecule has 1 aliphatic heterocycles. The van der Waals surface area contributed by atoms with Crippen LogP contribution in [0.1, 0.15) is 42.4 Å². The summed E-state index contributed by atoms with van der Waals surface area (Å²) in [6.07, 6.45) is 10.0. The third-order valence-corrected chi connectivity index (χ3v) is 6.38. The zero-order valence-electron chi connectivity index (χ0n) is 17.6. The summed E-state index contributed by atoms with van der Waals surface area (Å²) in [4.78, 5) is 2.64. The fourth-order valence-electron chi connectivity index (χ4n) is 4.76. The van der Waals surface area contributed by atoms with Crippen molar-refractivity contribution in [3.63, 3.8) is 0 Å². The van der Waals surface area contributed by atoms with E-state index in [0.29, 0.717) is 0 Å². The number of rotatable bonds is 5. The van der Waals surface area contributed by atoms with Gasteiger partial charge in [0.2, 0.25) is 0 Å². The number of hydrogen-bond acceptors (Lipinski definition) is 1. The minimum Gasteiger partial charge on any atom is -0.303 e. The molecule has 1 saturated heterocycles. The van der Waals surface area contributed by atoms with E-state index in [2.05, 4.69) is 95.9 Å². The lowest BCUT2D eigenvalue weighted by Crippen LogP contribution is -2.30. The highest BCUT2D eigenvalue weighted by Crippen LogP contribution is 2.38. The number of likely N-dealkylation sites (tertiary alicyclic amines) is 1. The van der Waals surface area contributed by atoms with Crippen molar-refractivity contribution in [1.29, 1.82) is 0 Å². The molecule has 3 aromatic carbocycles. The van der Waals surface area contributed by atoms with Crippen LogP contribution in [0.25, 0.3) is 28.3 Å². The third-order valence-electron chi connectivity index (χ3n) is 6.38. The number of allylic oxidation sites excluding steroid dienone is 2. The Bertz CT molecular complexity index is 1070. The number of nitrogens with zero attached hydrogens (tertiary/aromatic N) is 1. The van der Waals surface area contributed by atoms with E-state index in [1.54, 1.807) is 0 Å². The number of hydrogen-bond donors (Lipinski definition) is 0. The van der Waals surface area contributed by atoms with Gasteiger partial charge in [0.1, 0.15) is 0 Å². The molecule has 0 atom stereocenters. The zero-order chi connectivity index (χ0) is 20.2. The van der Waals surface area contributed by atoms with Gasteiger partial charge in [-0.25, -0.2) is 0 Å². The van der Waals surface area contributed by atoms with E-state index in [9.17, 15) is 0 Å². The molecule has 1 heterocycles. The maximum absolute atomic E-state index is 2.64. The number of benzene rings is 3. The van der Waals surface area contributed by atoms with Gasteiger partial charge in [-0.2, -0.15) is 0 Å². The van der Waals surface area contributed by atoms with Crippen LogP contribution in [0.15, 0.2) is 84.9 Å². The third kappa shape index (κ3) is 4.17. The molecule has 0 radical (unpaired) electrons. The Kier molecular flexibility index (Phi) is 5.63. The van der Waals surface area contributed by atoms with Gasteiger partial charge in [0.25, 0.3) is 0 Å². The highest BCUT2D eigenvalue weighted by Gasteiger charge is 2.19. The first kappa shape index (κ1) is 19.1. The van der Waals surface area contributed by atoms with E-state index in [0.717, 1.165) is 6.42 Å². The molecule has 0 spiro atoms. The van der Waals surface area contributed by atoms with Crippen LogP contribution in [0.3, 0.4) is 0 Å². The van der Waals surface area contributed by atoms with E-state index in [4.69, 9.17) is 0 Å². The predicted molar refractivity (Wildman–Crippen MR) is 129 cm³/mol. The van der Waals surface area contributed by atoms with Gasteiger partial charge in [0, 0.05) is 6.54 Å². The quantitative estimate of drug-likeness (QED) is 0.446. The highest BCUT2D eigenvalue weighted by molar-refractivity contribution is 6.01. The second-order valence-electron chi connectivity index (χ2n) is 8.46. The van der Waals surface area contributed by atoms with Crippen LogP contribution in [0.5, 0.6) is 0 Å². The average Bonchev–Trinajstić information content (AvgIpc) is 3.17. The minimum atomic E-state index is 1.14. The first-order chi connectivity index (χ1) is 14.9. The molecule has 0 bridgehead atoms. The second kappa shape index (κ2) is 8.85. The molecule has 1 heteroatoms. The Balaban J connectivity index is 1.42. The van der Waals surface area contributed by atoms with Gasteiger partial charge < -0.3 is 4.90 Å². The van der Waals surface area contributed by atoms with E-state index in [1.165, 1.54) is 77.9 Å². The SMILES string of the molecule is C1=C(CCN2CCCCC2)c2ccccc2/C1=C/c1cccc(-c2ccccc2)c1. The van der Waals surface area contributed by atoms with Crippen molar-refractivity contribution < 1.29 is 0 Å². The number of fused-ring (bicyclic) bond motifs is 1. The first-order valence-corrected chi connectivity index (χ1v) is 11.3. The minimum absolute atomic E-state index is 1.14. The fourth-order valence-corrected chi connectivity index (χ4v) is 4.76. The summed E-state index contributed by atoms with van der Waals surface area (Å²) >= 11 is 0. The smallest absolute Gasteiger partial charge is 0.00220 e. The van der Waals surface area contributed by atoms with E-state index in [1.807, 2.05) is 0 Å². The van der Waals surface area contributed by atoms with Crippen LogP contribution < -0.4 is 0 Å². The van der Waals surface area contributed by atoms with Crippen molar-refractivity contribution in [2.45, 2.75) is 25.7 Å². The van der Waals surface area contributed by atoms with Gasteiger partial charge in [-0.1, -0.05) is 85.3 Å². The van der Waals surface area contributed by atoms with Crippen LogP contribution in [0.2, 0.25) is 0 Å². The molecule has 0 unspecified atom stereocenters. The van der Waals surface area contributed by atoms with Crippen LogP contribution in [0, 0.1) is 0 Å². The van der Waals surface area contributed by atoms with Gasteiger partial charge >= 0.3 is 0 Å². The zero-order valence-corrected chi connectivity index (χ0v) is 17.6. The van der Waals surface area contributed by atoms with Crippen molar-refractivity contribution in [2.24, 2.45) is 0 Å². The lowest BCUT2D eigenvalue weighted by molar-refractivity contribution is 0.234. The van der Waals surface area contributed by atoms with E-state index >= 15 is 0 Å². The molecule has 0 aromatic heterocycles. The van der Waals surface area contributed by atoms with Crippen LogP contribution in [0.4, 0.5) is 0 Å². The number of piperidine rings is 1. The van der Waals surface area contributed by atoms with Crippen molar-refractivity contribution >= 4 is 17.2 Å². The molecule has 0 saturated carbocycles. The second-order valence-corrected chi connectivity index (χ2v) is 8.46. The van der Waals surface area contributed by atoms with Crippen LogP contribution >= 0.6 is 0 Å². The molecular weight excluding hydrogens is 362 g/mol. The van der Waals surface area contributed by atoms with Crippen molar-refractivity contribution in [3.8, 4) is 11.1 Å². The monoisotopic (exact) mass is 391 g/mol. The summed E-state index contributed by atoms with van der Waals surface area (Å²) in [5.74, 6) is 0. The summed E-state index contributed by atoms with van der Waals surface area (Å²) < 4.78 is 0. The van der Waals surface area contributed by atoms with Gasteiger partial charge in [0.05, 0.1) is 0 Å². The summed E-state index contributed by atoms with van der Waals surface area (Å²) in [5, 5.41) is 0. The molecule has 3 aromatic rings. The fraction of sp³-hybridized carbons (Fsp3) is 0.241. The van der Waals surface area contributed by atoms with E-state index < -0.39 is 0 Å². The maximum atomic E-state index is 2.64. The topological polar surface area (TPSA) is 3.24 Å². The average molecular weight is 392 g/mol. The molecule has 0 amide bonds. The van der Waals surface area contributed by atoms with Gasteiger partial charge in [-0.3, -0.25) is 0 Å². The normalized spacial score (nSPS) is 17.7. The molecule has 150 valence electrons. The largest absolute Gasteiger partial charge is 0.303 e. The maximum Gasteiger partial charge on any atom is 0.00220 e. The summed E-state index contributed by atoms with van der Waals surface area (Å²) in [6, 6.07) is 28.4. The molecule has 2 aliphatic rings. The van der Waals surface area contributed by atoms with Gasteiger partial charge in [-0.05, 0) is 83.5 Å². The standard InChI is InChI=1S/C29H29N/c1-3-11-24(12-4-1)25-13-9-10-23(20-25)21-27-22-26(28-14-5-6-15-29(27)28)16-19-30-17-7-2-8-18-30/h1,3-6,9-15,20-22H,2,7-8,16-19H2/b27-21+. The summed E-state index contributed by atoms with van der Waals surface area (Å²) in [7, 11) is 0. The Labute approximate surface area is 180 Å². The van der Waals surface area contributed by atoms with Gasteiger partial charge in [-0.15, -0.1) is 0 Å².